The number of nitrogens with zero attached hydrogens (tertiary/aromatic N) is 1. The van der Waals surface area contributed by atoms with Gasteiger partial charge in [0.2, 0.25) is 0 Å². The summed E-state index contributed by atoms with van der Waals surface area (Å²) in [5.74, 6) is 1.62. The first-order valence-corrected chi connectivity index (χ1v) is 11.9. The van der Waals surface area contributed by atoms with Crippen LogP contribution in [0.25, 0.3) is 0 Å². The van der Waals surface area contributed by atoms with Gasteiger partial charge in [-0.3, -0.25) is 9.59 Å². The minimum absolute atomic E-state index is 0.123. The number of carbonyl (C=O) groups is 2. The second-order valence-corrected chi connectivity index (χ2v) is 11.1. The van der Waals surface area contributed by atoms with Crippen LogP contribution in [-0.2, 0) is 9.59 Å². The molecule has 3 saturated carbocycles. The summed E-state index contributed by atoms with van der Waals surface area (Å²) in [6.45, 7) is 4.36. The lowest BCUT2D eigenvalue weighted by Crippen LogP contribution is -2.57. The highest BCUT2D eigenvalue weighted by atomic mass is 16.3. The van der Waals surface area contributed by atoms with Crippen LogP contribution >= 0.6 is 0 Å². The Kier molecular flexibility index (Phi) is 4.75. The lowest BCUT2D eigenvalue weighted by molar-refractivity contribution is -0.151. The monoisotopic (exact) mass is 421 g/mol. The molecule has 0 spiro atoms. The highest BCUT2D eigenvalue weighted by Gasteiger charge is 2.64. The predicted octanol–water partition coefficient (Wildman–Crippen LogP) is 4.52. The number of fused-ring (bicyclic) bond motifs is 5. The molecular formula is C27H35NO3. The van der Waals surface area contributed by atoms with E-state index in [2.05, 4.69) is 36.1 Å². The molecule has 4 aliphatic carbocycles. The van der Waals surface area contributed by atoms with Gasteiger partial charge in [-0.25, -0.2) is 0 Å². The third-order valence-corrected chi connectivity index (χ3v) is 9.74. The molecule has 0 aromatic heterocycles. The number of rotatable bonds is 2. The van der Waals surface area contributed by atoms with E-state index in [4.69, 9.17) is 0 Å². The van der Waals surface area contributed by atoms with Crippen molar-refractivity contribution in [2.24, 2.45) is 28.6 Å². The fourth-order valence-electron chi connectivity index (χ4n) is 7.86. The van der Waals surface area contributed by atoms with Crippen LogP contribution in [0.3, 0.4) is 0 Å². The van der Waals surface area contributed by atoms with Gasteiger partial charge in [0.1, 0.15) is 5.78 Å². The zero-order valence-electron chi connectivity index (χ0n) is 19.2. The third-order valence-electron chi connectivity index (χ3n) is 9.74. The Morgan fingerprint density at radius 3 is 2.35 bits per heavy atom. The lowest BCUT2D eigenvalue weighted by Gasteiger charge is -2.60. The molecule has 1 aromatic carbocycles. The van der Waals surface area contributed by atoms with Crippen LogP contribution in [0.1, 0.15) is 63.9 Å². The molecule has 4 aliphatic rings. The molecule has 166 valence electrons. The van der Waals surface area contributed by atoms with Crippen LogP contribution in [0, 0.1) is 28.6 Å². The smallest absolute Gasteiger partial charge is 0.156 e. The first-order chi connectivity index (χ1) is 14.7. The number of Topliss-reactive ketones (excluding diaryl/α,β-unsaturated/α-hetero) is 1. The van der Waals surface area contributed by atoms with E-state index < -0.39 is 11.5 Å². The van der Waals surface area contributed by atoms with E-state index in [1.54, 1.807) is 0 Å². The van der Waals surface area contributed by atoms with Crippen molar-refractivity contribution in [2.75, 3.05) is 19.0 Å². The van der Waals surface area contributed by atoms with Gasteiger partial charge in [-0.15, -0.1) is 0 Å². The fraction of sp³-hybridized carbons (Fsp3) is 0.630. The minimum Gasteiger partial charge on any atom is -0.392 e. The van der Waals surface area contributed by atoms with Gasteiger partial charge in [0, 0.05) is 38.5 Å². The Morgan fingerprint density at radius 2 is 1.68 bits per heavy atom. The van der Waals surface area contributed by atoms with E-state index in [0.717, 1.165) is 24.9 Å². The standard InChI is InChI=1S/C27H35NO3/c1-26-17(13-19(29)14-22(26)16-5-8-18(9-6-16)28(3)4)7-10-20-21-11-12-24(30)27(21,2)25(31)15-23(20)26/h5-6,8-9,13,20-23,25,31H,7,10-12,14-15H2,1-4H3. The molecule has 0 amide bonds. The Hall–Kier alpha value is -1.94. The summed E-state index contributed by atoms with van der Waals surface area (Å²) < 4.78 is 0. The van der Waals surface area contributed by atoms with Gasteiger partial charge in [0.25, 0.3) is 0 Å². The number of hydrogen-bond acceptors (Lipinski definition) is 4. The summed E-state index contributed by atoms with van der Waals surface area (Å²) in [6, 6.07) is 8.66. The molecule has 0 aliphatic heterocycles. The summed E-state index contributed by atoms with van der Waals surface area (Å²) in [5.41, 5.74) is 2.92. The molecule has 0 bridgehead atoms. The van der Waals surface area contributed by atoms with Gasteiger partial charge in [-0.1, -0.05) is 24.6 Å². The molecule has 7 atom stereocenters. The van der Waals surface area contributed by atoms with Crippen LogP contribution in [0.4, 0.5) is 5.69 Å². The number of hydrogen-bond donors (Lipinski definition) is 1. The van der Waals surface area contributed by atoms with Crippen molar-refractivity contribution in [2.45, 2.75) is 64.4 Å². The van der Waals surface area contributed by atoms with Crippen molar-refractivity contribution in [3.63, 3.8) is 0 Å². The Morgan fingerprint density at radius 1 is 0.968 bits per heavy atom. The molecule has 5 rings (SSSR count). The van der Waals surface area contributed by atoms with Crippen LogP contribution in [0.15, 0.2) is 35.9 Å². The normalized spacial score (nSPS) is 41.8. The third kappa shape index (κ3) is 2.83. The number of aliphatic hydroxyl groups excluding tert-OH is 1. The van der Waals surface area contributed by atoms with E-state index in [1.807, 2.05) is 27.1 Å². The average Bonchev–Trinajstić information content (AvgIpc) is 3.05. The fourth-order valence-corrected chi connectivity index (χ4v) is 7.86. The molecule has 3 fully saturated rings. The quantitative estimate of drug-likeness (QED) is 0.763. The second kappa shape index (κ2) is 7.03. The molecule has 4 nitrogen and oxygen atoms in total. The maximum Gasteiger partial charge on any atom is 0.156 e. The molecule has 1 aromatic rings. The average molecular weight is 422 g/mol. The van der Waals surface area contributed by atoms with E-state index in [9.17, 15) is 14.7 Å². The van der Waals surface area contributed by atoms with E-state index in [1.165, 1.54) is 11.1 Å². The summed E-state index contributed by atoms with van der Waals surface area (Å²) in [4.78, 5) is 27.6. The zero-order chi connectivity index (χ0) is 22.1. The summed E-state index contributed by atoms with van der Waals surface area (Å²) in [5, 5.41) is 11.2. The largest absolute Gasteiger partial charge is 0.392 e. The number of allylic oxidation sites excluding steroid dienone is 1. The molecule has 0 heterocycles. The van der Waals surface area contributed by atoms with Crippen molar-refractivity contribution < 1.29 is 14.7 Å². The van der Waals surface area contributed by atoms with Gasteiger partial charge >= 0.3 is 0 Å². The van der Waals surface area contributed by atoms with Crippen LogP contribution in [0.2, 0.25) is 0 Å². The molecule has 7 unspecified atom stereocenters. The molecule has 31 heavy (non-hydrogen) atoms. The number of benzene rings is 1. The number of anilines is 1. The van der Waals surface area contributed by atoms with Crippen molar-refractivity contribution in [3.05, 3.63) is 41.5 Å². The molecule has 1 N–H and O–H groups in total. The number of ketones is 2. The van der Waals surface area contributed by atoms with E-state index in [-0.39, 0.29) is 28.8 Å². The summed E-state index contributed by atoms with van der Waals surface area (Å²) in [6.07, 6.45) is 6.01. The van der Waals surface area contributed by atoms with Gasteiger partial charge < -0.3 is 10.0 Å². The van der Waals surface area contributed by atoms with Crippen molar-refractivity contribution in [1.82, 2.24) is 0 Å². The summed E-state index contributed by atoms with van der Waals surface area (Å²) >= 11 is 0. The van der Waals surface area contributed by atoms with Crippen molar-refractivity contribution in [1.29, 1.82) is 0 Å². The van der Waals surface area contributed by atoms with E-state index in [0.29, 0.717) is 31.1 Å². The van der Waals surface area contributed by atoms with Crippen molar-refractivity contribution >= 4 is 17.3 Å². The topological polar surface area (TPSA) is 57.6 Å². The zero-order valence-corrected chi connectivity index (χ0v) is 19.2. The molecular weight excluding hydrogens is 386 g/mol. The molecule has 0 saturated heterocycles. The Balaban J connectivity index is 1.58. The highest BCUT2D eigenvalue weighted by Crippen LogP contribution is 2.67. The summed E-state index contributed by atoms with van der Waals surface area (Å²) in [7, 11) is 4.08. The molecule has 0 radical (unpaired) electrons. The highest BCUT2D eigenvalue weighted by molar-refractivity contribution is 5.93. The van der Waals surface area contributed by atoms with Gasteiger partial charge in [-0.2, -0.15) is 0 Å². The van der Waals surface area contributed by atoms with Gasteiger partial charge in [-0.05, 0) is 79.5 Å². The maximum atomic E-state index is 12.8. The second-order valence-electron chi connectivity index (χ2n) is 11.1. The first-order valence-electron chi connectivity index (χ1n) is 11.9. The van der Waals surface area contributed by atoms with Crippen LogP contribution in [0.5, 0.6) is 0 Å². The number of aliphatic hydroxyl groups is 1. The Bertz CT molecular complexity index is 948. The predicted molar refractivity (Wildman–Crippen MR) is 122 cm³/mol. The molecule has 4 heteroatoms. The van der Waals surface area contributed by atoms with Crippen LogP contribution < -0.4 is 4.90 Å². The first kappa shape index (κ1) is 20.9. The van der Waals surface area contributed by atoms with Gasteiger partial charge in [0.15, 0.2) is 5.78 Å². The lowest BCUT2D eigenvalue weighted by atomic mass is 9.44. The van der Waals surface area contributed by atoms with Crippen LogP contribution in [-0.4, -0.2) is 36.9 Å². The van der Waals surface area contributed by atoms with E-state index >= 15 is 0 Å². The number of carbonyl (C=O) groups excluding carboxylic acids is 2. The van der Waals surface area contributed by atoms with Gasteiger partial charge in [0.05, 0.1) is 11.5 Å². The van der Waals surface area contributed by atoms with Crippen molar-refractivity contribution in [3.8, 4) is 0 Å². The Labute approximate surface area is 185 Å². The SMILES string of the molecule is CN(C)c1ccc(C2CC(=O)C=C3CCC4C5CCC(=O)C5(C)C(O)CC4C32C)cc1. The minimum atomic E-state index is -0.584. The maximum absolute atomic E-state index is 12.8.